The summed E-state index contributed by atoms with van der Waals surface area (Å²) in [5.41, 5.74) is 5.49. The lowest BCUT2D eigenvalue weighted by Gasteiger charge is -2.47. The lowest BCUT2D eigenvalue weighted by Crippen LogP contribution is -2.60. The number of hydrogen-bond donors (Lipinski definition) is 2. The van der Waals surface area contributed by atoms with E-state index in [0.29, 0.717) is 0 Å². The van der Waals surface area contributed by atoms with Gasteiger partial charge >= 0.3 is 0 Å². The number of methoxy groups -OCH3 is 1. The van der Waals surface area contributed by atoms with Crippen molar-refractivity contribution >= 4 is 5.91 Å². The molecule has 0 aromatic rings. The molecule has 0 saturated heterocycles. The van der Waals surface area contributed by atoms with Crippen molar-refractivity contribution in [3.05, 3.63) is 0 Å². The van der Waals surface area contributed by atoms with Crippen LogP contribution in [0.4, 0.5) is 0 Å². The second-order valence-corrected chi connectivity index (χ2v) is 7.66. The molecule has 24 heavy (non-hydrogen) atoms. The van der Waals surface area contributed by atoms with Crippen LogP contribution in [0.1, 0.15) is 72.1 Å². The summed E-state index contributed by atoms with van der Waals surface area (Å²) in [5.74, 6) is -0.145. The molecule has 1 saturated carbocycles. The van der Waals surface area contributed by atoms with E-state index in [4.69, 9.17) is 15.2 Å². The van der Waals surface area contributed by atoms with Crippen LogP contribution in [0.15, 0.2) is 0 Å². The molecule has 0 spiro atoms. The average molecular weight is 343 g/mol. The third-order valence-corrected chi connectivity index (χ3v) is 5.17. The Morgan fingerprint density at radius 3 is 2.50 bits per heavy atom. The SMILES string of the molecule is CCCCCCCCO[C@@H]1CCC(C)(C)[C@H](OC)[C@H]1NC(=O)CN. The maximum atomic E-state index is 11.8. The zero-order valence-corrected chi connectivity index (χ0v) is 16.1. The van der Waals surface area contributed by atoms with Gasteiger partial charge in [0.1, 0.15) is 0 Å². The highest BCUT2D eigenvalue weighted by Gasteiger charge is 2.45. The van der Waals surface area contributed by atoms with E-state index in [9.17, 15) is 4.79 Å². The summed E-state index contributed by atoms with van der Waals surface area (Å²) in [7, 11) is 1.71. The van der Waals surface area contributed by atoms with E-state index in [1.807, 2.05) is 0 Å². The molecule has 0 aromatic carbocycles. The van der Waals surface area contributed by atoms with Crippen LogP contribution < -0.4 is 11.1 Å². The number of carbonyl (C=O) groups excluding carboxylic acids is 1. The van der Waals surface area contributed by atoms with Crippen LogP contribution in [0.2, 0.25) is 0 Å². The molecule has 0 radical (unpaired) electrons. The van der Waals surface area contributed by atoms with Crippen LogP contribution in [0.25, 0.3) is 0 Å². The van der Waals surface area contributed by atoms with E-state index >= 15 is 0 Å². The van der Waals surface area contributed by atoms with Gasteiger partial charge in [0.2, 0.25) is 5.91 Å². The molecular weight excluding hydrogens is 304 g/mol. The average Bonchev–Trinajstić information content (AvgIpc) is 2.55. The van der Waals surface area contributed by atoms with E-state index in [0.717, 1.165) is 25.9 Å². The van der Waals surface area contributed by atoms with Crippen molar-refractivity contribution < 1.29 is 14.3 Å². The van der Waals surface area contributed by atoms with Crippen LogP contribution in [0.5, 0.6) is 0 Å². The molecule has 0 heterocycles. The zero-order chi connectivity index (χ0) is 18.0. The Balaban J connectivity index is 2.51. The Bertz CT molecular complexity index is 361. The van der Waals surface area contributed by atoms with Crippen molar-refractivity contribution in [2.45, 2.75) is 90.4 Å². The predicted octanol–water partition coefficient (Wildman–Crippen LogP) is 3.01. The fourth-order valence-corrected chi connectivity index (χ4v) is 3.70. The van der Waals surface area contributed by atoms with Crippen molar-refractivity contribution in [1.29, 1.82) is 0 Å². The lowest BCUT2D eigenvalue weighted by atomic mass is 9.71. The van der Waals surface area contributed by atoms with Crippen molar-refractivity contribution in [3.63, 3.8) is 0 Å². The van der Waals surface area contributed by atoms with Gasteiger partial charge in [0.15, 0.2) is 0 Å². The fourth-order valence-electron chi connectivity index (χ4n) is 3.70. The highest BCUT2D eigenvalue weighted by molar-refractivity contribution is 5.78. The minimum Gasteiger partial charge on any atom is -0.379 e. The second-order valence-electron chi connectivity index (χ2n) is 7.66. The molecule has 1 aliphatic rings. The molecule has 0 unspecified atom stereocenters. The van der Waals surface area contributed by atoms with Crippen molar-refractivity contribution in [3.8, 4) is 0 Å². The van der Waals surface area contributed by atoms with E-state index in [-0.39, 0.29) is 36.1 Å². The predicted molar refractivity (Wildman–Crippen MR) is 97.9 cm³/mol. The van der Waals surface area contributed by atoms with Gasteiger partial charge in [-0.2, -0.15) is 0 Å². The number of nitrogens with two attached hydrogens (primary N) is 1. The molecule has 5 heteroatoms. The summed E-state index contributed by atoms with van der Waals surface area (Å²) < 4.78 is 11.9. The van der Waals surface area contributed by atoms with Crippen LogP contribution in [0.3, 0.4) is 0 Å². The van der Waals surface area contributed by atoms with Crippen molar-refractivity contribution in [1.82, 2.24) is 5.32 Å². The third-order valence-electron chi connectivity index (χ3n) is 5.17. The molecule has 3 atom stereocenters. The molecule has 1 amide bonds. The number of nitrogens with one attached hydrogen (secondary N) is 1. The monoisotopic (exact) mass is 342 g/mol. The van der Waals surface area contributed by atoms with Gasteiger partial charge in [-0.05, 0) is 24.7 Å². The largest absolute Gasteiger partial charge is 0.379 e. The zero-order valence-electron chi connectivity index (χ0n) is 16.1. The van der Waals surface area contributed by atoms with Crippen LogP contribution in [0, 0.1) is 5.41 Å². The standard InChI is InChI=1S/C19H38N2O3/c1-5-6-7-8-9-10-13-24-15-11-12-19(2,3)18(23-4)17(15)21-16(22)14-20/h15,17-18H,5-14,20H2,1-4H3,(H,21,22)/t15-,17+,18-/m1/s1. The van der Waals surface area contributed by atoms with Crippen LogP contribution in [-0.4, -0.2) is 44.4 Å². The summed E-state index contributed by atoms with van der Waals surface area (Å²) in [5, 5.41) is 3.03. The molecule has 3 N–H and O–H groups in total. The lowest BCUT2D eigenvalue weighted by molar-refractivity contribution is -0.134. The normalized spacial score (nSPS) is 26.3. The molecule has 1 rings (SSSR count). The van der Waals surface area contributed by atoms with Gasteiger partial charge in [-0.1, -0.05) is 52.9 Å². The quantitative estimate of drug-likeness (QED) is 0.566. The Morgan fingerprint density at radius 2 is 1.88 bits per heavy atom. The number of unbranched alkanes of at least 4 members (excludes halogenated alkanes) is 5. The fraction of sp³-hybridized carbons (Fsp3) is 0.947. The first-order valence-electron chi connectivity index (χ1n) is 9.60. The summed E-state index contributed by atoms with van der Waals surface area (Å²) in [4.78, 5) is 11.8. The van der Waals surface area contributed by atoms with E-state index in [1.165, 1.54) is 32.1 Å². The van der Waals surface area contributed by atoms with Gasteiger partial charge in [-0.25, -0.2) is 0 Å². The molecule has 142 valence electrons. The van der Waals surface area contributed by atoms with E-state index < -0.39 is 0 Å². The first-order chi connectivity index (χ1) is 11.5. The molecule has 0 aliphatic heterocycles. The number of ether oxygens (including phenoxy) is 2. The summed E-state index contributed by atoms with van der Waals surface area (Å²) in [6.07, 6.45) is 9.41. The first kappa shape index (κ1) is 21.4. The minimum atomic E-state index is -0.145. The maximum absolute atomic E-state index is 11.8. The molecule has 5 nitrogen and oxygen atoms in total. The molecule has 0 bridgehead atoms. The molecule has 0 aromatic heterocycles. The van der Waals surface area contributed by atoms with Crippen LogP contribution >= 0.6 is 0 Å². The van der Waals surface area contributed by atoms with E-state index in [2.05, 4.69) is 26.1 Å². The van der Waals surface area contributed by atoms with Crippen molar-refractivity contribution in [2.75, 3.05) is 20.3 Å². The van der Waals surface area contributed by atoms with Gasteiger partial charge in [-0.15, -0.1) is 0 Å². The van der Waals surface area contributed by atoms with E-state index in [1.54, 1.807) is 7.11 Å². The highest BCUT2D eigenvalue weighted by Crippen LogP contribution is 2.38. The Hall–Kier alpha value is -0.650. The molecular formula is C19H38N2O3. The summed E-state index contributed by atoms with van der Waals surface area (Å²) >= 11 is 0. The minimum absolute atomic E-state index is 0.00247. The smallest absolute Gasteiger partial charge is 0.234 e. The number of amides is 1. The van der Waals surface area contributed by atoms with Gasteiger partial charge in [0.05, 0.1) is 24.8 Å². The number of rotatable bonds is 11. The topological polar surface area (TPSA) is 73.6 Å². The van der Waals surface area contributed by atoms with Crippen LogP contribution in [-0.2, 0) is 14.3 Å². The second kappa shape index (κ2) is 11.1. The van der Waals surface area contributed by atoms with Crippen molar-refractivity contribution in [2.24, 2.45) is 11.1 Å². The first-order valence-corrected chi connectivity index (χ1v) is 9.60. The van der Waals surface area contributed by atoms with Gasteiger partial charge < -0.3 is 20.5 Å². The van der Waals surface area contributed by atoms with Gasteiger partial charge in [0, 0.05) is 13.7 Å². The molecule has 1 fully saturated rings. The Labute approximate surface area is 148 Å². The number of hydrogen-bond acceptors (Lipinski definition) is 4. The number of carbonyl (C=O) groups is 1. The summed E-state index contributed by atoms with van der Waals surface area (Å²) in [6.45, 7) is 7.36. The van der Waals surface area contributed by atoms with Gasteiger partial charge in [0.25, 0.3) is 0 Å². The maximum Gasteiger partial charge on any atom is 0.234 e. The van der Waals surface area contributed by atoms with Gasteiger partial charge in [-0.3, -0.25) is 4.79 Å². The molecule has 1 aliphatic carbocycles. The Morgan fingerprint density at radius 1 is 1.21 bits per heavy atom. The summed E-state index contributed by atoms with van der Waals surface area (Å²) in [6, 6.07) is -0.130. The third kappa shape index (κ3) is 6.69. The Kier molecular flexibility index (Phi) is 9.86. The highest BCUT2D eigenvalue weighted by atomic mass is 16.5.